The summed E-state index contributed by atoms with van der Waals surface area (Å²) in [6, 6.07) is 0. The summed E-state index contributed by atoms with van der Waals surface area (Å²) >= 11 is 0. The molecule has 2 aliphatic rings. The molecule has 1 unspecified atom stereocenters. The van der Waals surface area contributed by atoms with Crippen LogP contribution in [0.25, 0.3) is 0 Å². The zero-order valence-electron chi connectivity index (χ0n) is 16.5. The maximum absolute atomic E-state index is 14.8. The van der Waals surface area contributed by atoms with E-state index >= 15 is 0 Å². The van der Waals surface area contributed by atoms with Crippen molar-refractivity contribution in [3.8, 4) is 0 Å². The molecule has 1 amide bonds. The van der Waals surface area contributed by atoms with E-state index in [1.54, 1.807) is 34.6 Å². The third-order valence-corrected chi connectivity index (χ3v) is 6.80. The van der Waals surface area contributed by atoms with E-state index in [1.165, 1.54) is 19.2 Å². The summed E-state index contributed by atoms with van der Waals surface area (Å²) in [5.74, 6) is -1.17. The number of carbonyl (C=O) groups excluding carboxylic acids is 1. The van der Waals surface area contributed by atoms with E-state index in [-0.39, 0.29) is 12.4 Å². The fourth-order valence-electron chi connectivity index (χ4n) is 3.07. The summed E-state index contributed by atoms with van der Waals surface area (Å²) in [7, 11) is -2.59. The highest BCUT2D eigenvalue weighted by atomic mass is 32.2. The van der Waals surface area contributed by atoms with Crippen LogP contribution in [0.2, 0.25) is 0 Å². The summed E-state index contributed by atoms with van der Waals surface area (Å²) in [6.07, 6.45) is 1.93. The number of nitrogens with one attached hydrogen (secondary N) is 1. The Bertz CT molecular complexity index is 843. The fourth-order valence-corrected chi connectivity index (χ4v) is 4.70. The Labute approximate surface area is 159 Å². The monoisotopic (exact) mass is 402 g/mol. The SMILES string of the molecule is CN1C(NC(=O)OC(C)(C)C)=N[C@](C)(C2(C)CC(N)=CC=C2F)CS1(=O)=O. The van der Waals surface area contributed by atoms with E-state index in [0.29, 0.717) is 5.70 Å². The smallest absolute Gasteiger partial charge is 0.414 e. The predicted octanol–water partition coefficient (Wildman–Crippen LogP) is 2.01. The van der Waals surface area contributed by atoms with Crippen LogP contribution in [-0.2, 0) is 14.8 Å². The number of nitrogens with two attached hydrogens (primary N) is 1. The molecule has 3 N–H and O–H groups in total. The number of sulfonamides is 1. The molecule has 0 bridgehead atoms. The van der Waals surface area contributed by atoms with Crippen LogP contribution < -0.4 is 11.1 Å². The summed E-state index contributed by atoms with van der Waals surface area (Å²) in [6.45, 7) is 8.16. The number of halogens is 1. The molecule has 2 atom stereocenters. The van der Waals surface area contributed by atoms with Gasteiger partial charge in [0.15, 0.2) is 0 Å². The molecule has 1 heterocycles. The molecular formula is C17H27FN4O4S. The Hall–Kier alpha value is -2.10. The van der Waals surface area contributed by atoms with Crippen LogP contribution in [0, 0.1) is 5.41 Å². The topological polar surface area (TPSA) is 114 Å². The van der Waals surface area contributed by atoms with Crippen molar-refractivity contribution in [3.63, 3.8) is 0 Å². The summed E-state index contributed by atoms with van der Waals surface area (Å²) in [5, 5.41) is 2.37. The minimum Gasteiger partial charge on any atom is -0.444 e. The number of hydrogen-bond donors (Lipinski definition) is 2. The normalized spacial score (nSPS) is 30.8. The van der Waals surface area contributed by atoms with Gasteiger partial charge in [0.05, 0.1) is 16.7 Å². The number of nitrogens with zero attached hydrogens (tertiary/aromatic N) is 2. The maximum atomic E-state index is 14.8. The fraction of sp³-hybridized carbons (Fsp3) is 0.647. The van der Waals surface area contributed by atoms with Gasteiger partial charge >= 0.3 is 6.09 Å². The lowest BCUT2D eigenvalue weighted by atomic mass is 9.67. The number of rotatable bonds is 1. The van der Waals surface area contributed by atoms with E-state index in [1.807, 2.05) is 0 Å². The highest BCUT2D eigenvalue weighted by Gasteiger charge is 2.54. The highest BCUT2D eigenvalue weighted by Crippen LogP contribution is 2.49. The van der Waals surface area contributed by atoms with Crippen LogP contribution in [-0.4, -0.2) is 48.7 Å². The molecule has 2 rings (SSSR count). The van der Waals surface area contributed by atoms with Gasteiger partial charge in [-0.25, -0.2) is 26.9 Å². The zero-order chi connectivity index (χ0) is 20.8. The molecule has 0 radical (unpaired) electrons. The van der Waals surface area contributed by atoms with Crippen molar-refractivity contribution in [2.24, 2.45) is 16.1 Å². The first kappa shape index (κ1) is 21.2. The number of aliphatic imine (C=N–C) groups is 1. The van der Waals surface area contributed by atoms with Crippen molar-refractivity contribution in [3.05, 3.63) is 23.7 Å². The molecule has 0 aromatic heterocycles. The largest absolute Gasteiger partial charge is 0.444 e. The molecule has 1 aliphatic carbocycles. The second-order valence-corrected chi connectivity index (χ2v) is 10.3. The standard InChI is InChI=1S/C17H27FN4O4S/c1-15(2,3)26-14(23)20-13-21-17(5,10-27(24,25)22(13)6)16(4)9-11(19)7-8-12(16)18/h7-8H,9-10,19H2,1-6H3,(H,20,21,23)/t16?,17-/m0/s1. The van der Waals surface area contributed by atoms with Gasteiger partial charge in [-0.1, -0.05) is 6.92 Å². The molecule has 152 valence electrons. The van der Waals surface area contributed by atoms with Crippen molar-refractivity contribution < 1.29 is 22.3 Å². The lowest BCUT2D eigenvalue weighted by molar-refractivity contribution is 0.0558. The van der Waals surface area contributed by atoms with Gasteiger partial charge < -0.3 is 10.5 Å². The Morgan fingerprint density at radius 3 is 2.52 bits per heavy atom. The second-order valence-electron chi connectivity index (χ2n) is 8.32. The van der Waals surface area contributed by atoms with Gasteiger partial charge in [-0.3, -0.25) is 5.32 Å². The number of amides is 1. The van der Waals surface area contributed by atoms with Gasteiger partial charge in [0, 0.05) is 19.2 Å². The number of guanidine groups is 1. The number of allylic oxidation sites excluding steroid dienone is 3. The molecule has 0 fully saturated rings. The number of carbonyl (C=O) groups is 1. The molecule has 8 nitrogen and oxygen atoms in total. The average Bonchev–Trinajstić information content (AvgIpc) is 2.46. The molecule has 1 aliphatic heterocycles. The molecule has 0 aromatic carbocycles. The van der Waals surface area contributed by atoms with Crippen LogP contribution in [0.3, 0.4) is 0 Å². The molecule has 0 aromatic rings. The van der Waals surface area contributed by atoms with E-state index in [4.69, 9.17) is 10.5 Å². The quantitative estimate of drug-likeness (QED) is 0.696. The lowest BCUT2D eigenvalue weighted by Gasteiger charge is -2.47. The van der Waals surface area contributed by atoms with Crippen LogP contribution in [0.5, 0.6) is 0 Å². The lowest BCUT2D eigenvalue weighted by Crippen LogP contribution is -2.60. The molecule has 10 heteroatoms. The minimum absolute atomic E-state index is 0.105. The average molecular weight is 402 g/mol. The Balaban J connectivity index is 2.48. The first-order valence-electron chi connectivity index (χ1n) is 8.48. The van der Waals surface area contributed by atoms with E-state index in [9.17, 15) is 17.6 Å². The molecular weight excluding hydrogens is 375 g/mol. The second kappa shape index (κ2) is 6.50. The van der Waals surface area contributed by atoms with Gasteiger partial charge in [0.2, 0.25) is 16.0 Å². The van der Waals surface area contributed by atoms with Crippen LogP contribution in [0.4, 0.5) is 9.18 Å². The van der Waals surface area contributed by atoms with Gasteiger partial charge in [0.1, 0.15) is 11.4 Å². The summed E-state index contributed by atoms with van der Waals surface area (Å²) < 4.78 is 46.2. The molecule has 0 saturated carbocycles. The third-order valence-electron chi connectivity index (χ3n) is 4.86. The van der Waals surface area contributed by atoms with E-state index < -0.39 is 44.3 Å². The maximum Gasteiger partial charge on any atom is 0.414 e. The molecule has 0 spiro atoms. The van der Waals surface area contributed by atoms with Crippen molar-refractivity contribution in [1.82, 2.24) is 9.62 Å². The van der Waals surface area contributed by atoms with E-state index in [2.05, 4.69) is 10.3 Å². The van der Waals surface area contributed by atoms with Crippen molar-refractivity contribution >= 4 is 22.1 Å². The first-order chi connectivity index (χ1) is 12.1. The highest BCUT2D eigenvalue weighted by molar-refractivity contribution is 7.89. The summed E-state index contributed by atoms with van der Waals surface area (Å²) in [5.41, 5.74) is 2.86. The minimum atomic E-state index is -3.86. The summed E-state index contributed by atoms with van der Waals surface area (Å²) in [4.78, 5) is 16.5. The molecule has 0 saturated heterocycles. The van der Waals surface area contributed by atoms with Gasteiger partial charge in [-0.15, -0.1) is 0 Å². The Morgan fingerprint density at radius 2 is 1.96 bits per heavy atom. The number of hydrogen-bond acceptors (Lipinski definition) is 6. The van der Waals surface area contributed by atoms with E-state index in [0.717, 1.165) is 4.31 Å². The van der Waals surface area contributed by atoms with Crippen LogP contribution in [0.15, 0.2) is 28.7 Å². The zero-order valence-corrected chi connectivity index (χ0v) is 17.3. The van der Waals surface area contributed by atoms with Crippen molar-refractivity contribution in [2.45, 2.75) is 52.2 Å². The number of ether oxygens (including phenoxy) is 1. The Morgan fingerprint density at radius 1 is 1.37 bits per heavy atom. The van der Waals surface area contributed by atoms with Gasteiger partial charge in [-0.05, 0) is 39.8 Å². The predicted molar refractivity (Wildman–Crippen MR) is 101 cm³/mol. The number of alkyl carbamates (subject to hydrolysis) is 1. The van der Waals surface area contributed by atoms with Crippen LogP contribution >= 0.6 is 0 Å². The van der Waals surface area contributed by atoms with Crippen LogP contribution in [0.1, 0.15) is 41.0 Å². The third kappa shape index (κ3) is 4.10. The first-order valence-corrected chi connectivity index (χ1v) is 10.1. The molecule has 27 heavy (non-hydrogen) atoms. The van der Waals surface area contributed by atoms with Crippen molar-refractivity contribution in [1.29, 1.82) is 0 Å². The Kier molecular flexibility index (Phi) is 5.11. The van der Waals surface area contributed by atoms with Gasteiger partial charge in [0.25, 0.3) is 0 Å². The van der Waals surface area contributed by atoms with Crippen molar-refractivity contribution in [2.75, 3.05) is 12.8 Å². The van der Waals surface area contributed by atoms with Gasteiger partial charge in [-0.2, -0.15) is 0 Å².